The largest absolute Gasteiger partial charge is 0.325 e. The second kappa shape index (κ2) is 8.24. The van der Waals surface area contributed by atoms with Crippen molar-refractivity contribution in [1.29, 1.82) is 0 Å². The molecule has 8 nitrogen and oxygen atoms in total. The third-order valence-corrected chi connectivity index (χ3v) is 7.28. The van der Waals surface area contributed by atoms with E-state index in [-0.39, 0.29) is 16.8 Å². The average molecular weight is 440 g/mol. The van der Waals surface area contributed by atoms with Crippen LogP contribution in [0.25, 0.3) is 11.4 Å². The van der Waals surface area contributed by atoms with Gasteiger partial charge in [0.05, 0.1) is 11.7 Å². The van der Waals surface area contributed by atoms with Crippen molar-refractivity contribution >= 4 is 21.6 Å². The van der Waals surface area contributed by atoms with E-state index in [1.807, 2.05) is 48.9 Å². The minimum absolute atomic E-state index is 0.103. The summed E-state index contributed by atoms with van der Waals surface area (Å²) in [6.07, 6.45) is 0.638. The number of anilines is 1. The Morgan fingerprint density at radius 2 is 1.87 bits per heavy atom. The second-order valence-corrected chi connectivity index (χ2v) is 9.69. The molecular weight excluding hydrogens is 414 g/mol. The van der Waals surface area contributed by atoms with E-state index in [1.165, 1.54) is 11.2 Å². The zero-order valence-corrected chi connectivity index (χ0v) is 18.6. The highest BCUT2D eigenvalue weighted by atomic mass is 32.2. The van der Waals surface area contributed by atoms with Gasteiger partial charge in [-0.3, -0.25) is 4.79 Å². The monoisotopic (exact) mass is 439 g/mol. The van der Waals surface area contributed by atoms with Crippen molar-refractivity contribution in [2.45, 2.75) is 38.1 Å². The lowest BCUT2D eigenvalue weighted by Crippen LogP contribution is -2.30. The predicted octanol–water partition coefficient (Wildman–Crippen LogP) is 3.16. The third-order valence-electron chi connectivity index (χ3n) is 5.37. The molecule has 1 aliphatic heterocycles. The summed E-state index contributed by atoms with van der Waals surface area (Å²) in [5.41, 5.74) is 2.03. The molecule has 1 atom stereocenters. The molecule has 162 valence electrons. The highest BCUT2D eigenvalue weighted by Crippen LogP contribution is 2.32. The molecule has 0 radical (unpaired) electrons. The summed E-state index contributed by atoms with van der Waals surface area (Å²) in [6.45, 7) is 5.74. The molecule has 1 unspecified atom stereocenters. The molecule has 2 aromatic carbocycles. The maximum absolute atomic E-state index is 13.4. The molecule has 9 heteroatoms. The highest BCUT2D eigenvalue weighted by molar-refractivity contribution is 7.89. The van der Waals surface area contributed by atoms with Crippen LogP contribution in [0.15, 0.2) is 53.4 Å². The Hall–Kier alpha value is -3.04. The van der Waals surface area contributed by atoms with Crippen LogP contribution >= 0.6 is 0 Å². The number of carbonyl (C=O) groups excluding carboxylic acids is 1. The first-order valence-electron chi connectivity index (χ1n) is 10.1. The van der Waals surface area contributed by atoms with E-state index < -0.39 is 10.0 Å². The van der Waals surface area contributed by atoms with Crippen LogP contribution in [0, 0.1) is 13.8 Å². The molecule has 0 spiro atoms. The van der Waals surface area contributed by atoms with Gasteiger partial charge in [-0.1, -0.05) is 36.4 Å². The summed E-state index contributed by atoms with van der Waals surface area (Å²) in [6, 6.07) is 14.6. The summed E-state index contributed by atoms with van der Waals surface area (Å²) in [5, 5.41) is 7.28. The Bertz CT molecular complexity index is 1220. The van der Waals surface area contributed by atoms with Gasteiger partial charge in [0.15, 0.2) is 5.82 Å². The van der Waals surface area contributed by atoms with Gasteiger partial charge in [0.2, 0.25) is 15.9 Å². The van der Waals surface area contributed by atoms with Crippen molar-refractivity contribution in [1.82, 2.24) is 19.1 Å². The van der Waals surface area contributed by atoms with Gasteiger partial charge in [0, 0.05) is 25.6 Å². The Labute approximate surface area is 182 Å². The van der Waals surface area contributed by atoms with Gasteiger partial charge in [-0.05, 0) is 38.0 Å². The van der Waals surface area contributed by atoms with Gasteiger partial charge in [-0.25, -0.2) is 18.1 Å². The first-order chi connectivity index (χ1) is 14.8. The minimum Gasteiger partial charge on any atom is -0.325 e. The van der Waals surface area contributed by atoms with Gasteiger partial charge >= 0.3 is 0 Å². The van der Waals surface area contributed by atoms with Gasteiger partial charge in [-0.2, -0.15) is 9.40 Å². The zero-order chi connectivity index (χ0) is 22.2. The fourth-order valence-electron chi connectivity index (χ4n) is 3.86. The third kappa shape index (κ3) is 4.24. The lowest BCUT2D eigenvalue weighted by Gasteiger charge is -2.19. The fraction of sp³-hybridized carbons (Fsp3) is 0.318. The van der Waals surface area contributed by atoms with E-state index in [0.29, 0.717) is 31.0 Å². The van der Waals surface area contributed by atoms with Crippen molar-refractivity contribution in [2.75, 3.05) is 18.4 Å². The number of nitrogens with zero attached hydrogens (tertiary/aromatic N) is 4. The molecule has 0 saturated carbocycles. The number of hydrogen-bond acceptors (Lipinski definition) is 5. The number of aromatic nitrogens is 3. The van der Waals surface area contributed by atoms with Crippen LogP contribution in [0.1, 0.15) is 30.8 Å². The quantitative estimate of drug-likeness (QED) is 0.659. The Balaban J connectivity index is 1.60. The van der Waals surface area contributed by atoms with E-state index in [2.05, 4.69) is 15.4 Å². The molecule has 1 N–H and O–H groups in total. The summed E-state index contributed by atoms with van der Waals surface area (Å²) >= 11 is 0. The molecule has 1 amide bonds. The number of benzene rings is 2. The zero-order valence-electron chi connectivity index (χ0n) is 17.7. The van der Waals surface area contributed by atoms with Crippen LogP contribution in [0.2, 0.25) is 0 Å². The Morgan fingerprint density at radius 3 is 2.58 bits per heavy atom. The smallest absolute Gasteiger partial charge is 0.245 e. The molecule has 3 aromatic rings. The van der Waals surface area contributed by atoms with Crippen LogP contribution in [0.3, 0.4) is 0 Å². The van der Waals surface area contributed by atoms with Crippen LogP contribution in [0.4, 0.5) is 5.69 Å². The Kier molecular flexibility index (Phi) is 5.63. The summed E-state index contributed by atoms with van der Waals surface area (Å²) in [7, 11) is -3.78. The number of carbonyl (C=O) groups is 1. The SMILES string of the molecule is CC(=O)Nc1ccc(C)cc1S(=O)(=O)N1CCC(n2nc(-c3ccccc3)nc2C)C1. The summed E-state index contributed by atoms with van der Waals surface area (Å²) in [4.78, 5) is 16.2. The molecule has 31 heavy (non-hydrogen) atoms. The number of sulfonamides is 1. The molecule has 1 aromatic heterocycles. The summed E-state index contributed by atoms with van der Waals surface area (Å²) in [5.74, 6) is 1.06. The lowest BCUT2D eigenvalue weighted by atomic mass is 10.2. The van der Waals surface area contributed by atoms with E-state index in [4.69, 9.17) is 0 Å². The molecule has 2 heterocycles. The number of amides is 1. The van der Waals surface area contributed by atoms with Gasteiger partial charge < -0.3 is 5.32 Å². The van der Waals surface area contributed by atoms with Crippen LogP contribution in [-0.4, -0.2) is 46.5 Å². The molecular formula is C22H25N5O3S. The van der Waals surface area contributed by atoms with E-state index in [1.54, 1.807) is 18.2 Å². The first kappa shape index (κ1) is 21.2. The molecule has 4 rings (SSSR count). The van der Waals surface area contributed by atoms with Crippen molar-refractivity contribution in [2.24, 2.45) is 0 Å². The molecule has 0 bridgehead atoms. The van der Waals surface area contributed by atoms with Gasteiger partial charge in [0.1, 0.15) is 10.7 Å². The minimum atomic E-state index is -3.78. The average Bonchev–Trinajstić information content (AvgIpc) is 3.37. The molecule has 0 aliphatic carbocycles. The first-order valence-corrected chi connectivity index (χ1v) is 11.6. The van der Waals surface area contributed by atoms with Crippen LogP contribution in [-0.2, 0) is 14.8 Å². The van der Waals surface area contributed by atoms with E-state index >= 15 is 0 Å². The fourth-order valence-corrected chi connectivity index (χ4v) is 5.58. The predicted molar refractivity (Wildman–Crippen MR) is 118 cm³/mol. The van der Waals surface area contributed by atoms with Crippen molar-refractivity contribution < 1.29 is 13.2 Å². The van der Waals surface area contributed by atoms with Crippen LogP contribution < -0.4 is 5.32 Å². The maximum Gasteiger partial charge on any atom is 0.245 e. The van der Waals surface area contributed by atoms with Gasteiger partial charge in [-0.15, -0.1) is 0 Å². The topological polar surface area (TPSA) is 97.2 Å². The summed E-state index contributed by atoms with van der Waals surface area (Å²) < 4.78 is 30.1. The Morgan fingerprint density at radius 1 is 1.13 bits per heavy atom. The molecule has 1 saturated heterocycles. The number of aryl methyl sites for hydroxylation is 2. The number of hydrogen-bond donors (Lipinski definition) is 1. The van der Waals surface area contributed by atoms with Gasteiger partial charge in [0.25, 0.3) is 0 Å². The van der Waals surface area contributed by atoms with Crippen molar-refractivity contribution in [3.05, 3.63) is 59.9 Å². The molecule has 1 fully saturated rings. The maximum atomic E-state index is 13.4. The number of nitrogens with one attached hydrogen (secondary N) is 1. The van der Waals surface area contributed by atoms with Crippen molar-refractivity contribution in [3.63, 3.8) is 0 Å². The number of rotatable bonds is 5. The normalized spacial score (nSPS) is 17.1. The van der Waals surface area contributed by atoms with Crippen molar-refractivity contribution in [3.8, 4) is 11.4 Å². The van der Waals surface area contributed by atoms with E-state index in [9.17, 15) is 13.2 Å². The van der Waals surface area contributed by atoms with Crippen LogP contribution in [0.5, 0.6) is 0 Å². The van der Waals surface area contributed by atoms with E-state index in [0.717, 1.165) is 17.0 Å². The highest BCUT2D eigenvalue weighted by Gasteiger charge is 2.36. The second-order valence-electron chi connectivity index (χ2n) is 7.78. The standard InChI is InChI=1S/C22H25N5O3S/c1-15-9-10-20(24-17(3)28)21(13-15)31(29,30)26-12-11-19(14-26)27-16(2)23-22(25-27)18-7-5-4-6-8-18/h4-10,13,19H,11-12,14H2,1-3H3,(H,24,28). The lowest BCUT2D eigenvalue weighted by molar-refractivity contribution is -0.114. The molecule has 1 aliphatic rings.